The van der Waals surface area contributed by atoms with Crippen LogP contribution in [-0.4, -0.2) is 35.0 Å². The van der Waals surface area contributed by atoms with Crippen molar-refractivity contribution in [3.05, 3.63) is 29.7 Å². The summed E-state index contributed by atoms with van der Waals surface area (Å²) in [6.07, 6.45) is 9.38. The highest BCUT2D eigenvalue weighted by atomic mass is 35.5. The highest BCUT2D eigenvalue weighted by Gasteiger charge is 2.43. The second-order valence-corrected chi connectivity index (χ2v) is 8.89. The van der Waals surface area contributed by atoms with Crippen molar-refractivity contribution in [3.8, 4) is 0 Å². The predicted octanol–water partition coefficient (Wildman–Crippen LogP) is 2.76. The zero-order valence-corrected chi connectivity index (χ0v) is 17.6. The zero-order valence-electron chi connectivity index (χ0n) is 16.1. The highest BCUT2D eigenvalue weighted by molar-refractivity contribution is 8.15. The van der Waals surface area contributed by atoms with Gasteiger partial charge in [0.1, 0.15) is 10.9 Å². The molecule has 152 valence electrons. The first kappa shape index (κ1) is 21.0. The molecule has 1 fully saturated rings. The minimum Gasteiger partial charge on any atom is -0.390 e. The monoisotopic (exact) mass is 421 g/mol. The van der Waals surface area contributed by atoms with Gasteiger partial charge in [0, 0.05) is 42.6 Å². The molecule has 7 N–H and O–H groups in total. The quantitative estimate of drug-likeness (QED) is 0.552. The molecule has 0 amide bonds. The predicted molar refractivity (Wildman–Crippen MR) is 119 cm³/mol. The Kier molecular flexibility index (Phi) is 6.85. The van der Waals surface area contributed by atoms with Crippen LogP contribution in [0.4, 0.5) is 5.82 Å². The topological polar surface area (TPSA) is 128 Å². The first-order valence-corrected chi connectivity index (χ1v) is 10.7. The zero-order chi connectivity index (χ0) is 20.1. The van der Waals surface area contributed by atoms with Crippen LogP contribution in [0, 0.1) is 11.3 Å². The van der Waals surface area contributed by atoms with Crippen LogP contribution in [0.5, 0.6) is 0 Å². The van der Waals surface area contributed by atoms with Crippen LogP contribution < -0.4 is 22.5 Å². The summed E-state index contributed by atoms with van der Waals surface area (Å²) in [5.74, 6) is 1.20. The summed E-state index contributed by atoms with van der Waals surface area (Å²) in [6, 6.07) is 1.98. The number of thioether (sulfide) groups is 1. The van der Waals surface area contributed by atoms with E-state index in [0.29, 0.717) is 28.4 Å². The number of aromatic nitrogens is 1. The molecule has 2 aliphatic rings. The van der Waals surface area contributed by atoms with E-state index in [1.54, 1.807) is 18.5 Å². The van der Waals surface area contributed by atoms with Gasteiger partial charge in [-0.1, -0.05) is 30.3 Å². The molecule has 3 unspecified atom stereocenters. The highest BCUT2D eigenvalue weighted by Crippen LogP contribution is 2.46. The van der Waals surface area contributed by atoms with Crippen molar-refractivity contribution >= 4 is 40.1 Å². The van der Waals surface area contributed by atoms with E-state index in [1.165, 1.54) is 18.2 Å². The fourth-order valence-electron chi connectivity index (χ4n) is 3.97. The normalized spacial score (nSPS) is 33.7. The molecule has 3 rings (SSSR count). The lowest BCUT2D eigenvalue weighted by Crippen LogP contribution is -2.42. The van der Waals surface area contributed by atoms with E-state index in [2.05, 4.69) is 27.2 Å². The van der Waals surface area contributed by atoms with Gasteiger partial charge in [0.15, 0.2) is 5.84 Å². The van der Waals surface area contributed by atoms with Crippen LogP contribution in [0.25, 0.3) is 0 Å². The number of halogens is 1. The Bertz CT molecular complexity index is 794. The molecule has 9 heteroatoms. The van der Waals surface area contributed by atoms with Crippen molar-refractivity contribution in [2.24, 2.45) is 32.8 Å². The van der Waals surface area contributed by atoms with Crippen LogP contribution in [0.15, 0.2) is 39.5 Å². The Morgan fingerprint density at radius 1 is 1.29 bits per heavy atom. The van der Waals surface area contributed by atoms with Gasteiger partial charge >= 0.3 is 0 Å². The molecule has 1 aromatic heterocycles. The van der Waals surface area contributed by atoms with Gasteiger partial charge in [-0.25, -0.2) is 9.98 Å². The third kappa shape index (κ3) is 4.61. The molecular formula is C19H28ClN7S. The van der Waals surface area contributed by atoms with Crippen molar-refractivity contribution in [3.63, 3.8) is 0 Å². The maximum Gasteiger partial charge on any atom is 0.151 e. The molecule has 2 heterocycles. The van der Waals surface area contributed by atoms with Gasteiger partial charge in [-0.15, -0.1) is 0 Å². The summed E-state index contributed by atoms with van der Waals surface area (Å²) in [6.45, 7) is 3.73. The molecule has 0 saturated heterocycles. The Morgan fingerprint density at radius 2 is 2.11 bits per heavy atom. The van der Waals surface area contributed by atoms with Crippen molar-refractivity contribution in [1.82, 2.24) is 10.3 Å². The summed E-state index contributed by atoms with van der Waals surface area (Å²) in [4.78, 5) is 13.8. The van der Waals surface area contributed by atoms with E-state index in [-0.39, 0.29) is 17.3 Å². The number of amidine groups is 1. The maximum atomic E-state index is 6.58. The van der Waals surface area contributed by atoms with Crippen molar-refractivity contribution in [1.29, 1.82) is 0 Å². The van der Waals surface area contributed by atoms with Gasteiger partial charge < -0.3 is 22.5 Å². The first-order chi connectivity index (χ1) is 13.4. The minimum absolute atomic E-state index is 0.108. The average Bonchev–Trinajstić information content (AvgIpc) is 2.95. The Morgan fingerprint density at radius 3 is 2.86 bits per heavy atom. The lowest BCUT2D eigenvalue weighted by Gasteiger charge is -2.34. The number of rotatable bonds is 1. The van der Waals surface area contributed by atoms with Gasteiger partial charge in [0.05, 0.1) is 5.02 Å². The van der Waals surface area contributed by atoms with Gasteiger partial charge in [-0.3, -0.25) is 4.99 Å². The Hall–Kier alpha value is -1.77. The molecule has 7 nitrogen and oxygen atoms in total. The van der Waals surface area contributed by atoms with Crippen molar-refractivity contribution in [2.45, 2.75) is 43.5 Å². The van der Waals surface area contributed by atoms with Crippen molar-refractivity contribution < 1.29 is 0 Å². The summed E-state index contributed by atoms with van der Waals surface area (Å²) in [7, 11) is 0. The van der Waals surface area contributed by atoms with Crippen LogP contribution in [-0.2, 0) is 0 Å². The second-order valence-electron chi connectivity index (χ2n) is 7.49. The summed E-state index contributed by atoms with van der Waals surface area (Å²) in [5.41, 5.74) is 18.7. The van der Waals surface area contributed by atoms with E-state index >= 15 is 0 Å². The third-order valence-corrected chi connectivity index (χ3v) is 7.34. The first-order valence-electron chi connectivity index (χ1n) is 9.53. The summed E-state index contributed by atoms with van der Waals surface area (Å²) < 4.78 is 0. The number of nitrogen functional groups attached to an aromatic ring is 1. The summed E-state index contributed by atoms with van der Waals surface area (Å²) >= 11 is 7.59. The van der Waals surface area contributed by atoms with Crippen LogP contribution in [0.1, 0.15) is 32.6 Å². The van der Waals surface area contributed by atoms with Gasteiger partial charge in [0.25, 0.3) is 0 Å². The number of pyridine rings is 1. The molecule has 1 aromatic rings. The average molecular weight is 422 g/mol. The van der Waals surface area contributed by atoms with E-state index < -0.39 is 0 Å². The molecule has 1 saturated carbocycles. The van der Waals surface area contributed by atoms with Gasteiger partial charge in [0.2, 0.25) is 0 Å². The smallest absolute Gasteiger partial charge is 0.151 e. The maximum absolute atomic E-state index is 6.58. The minimum atomic E-state index is 0.108. The molecule has 0 aromatic carbocycles. The molecule has 0 radical (unpaired) electrons. The number of nitrogens with one attached hydrogen (secondary N) is 1. The molecule has 28 heavy (non-hydrogen) atoms. The molecule has 3 atom stereocenters. The number of aliphatic imine (C=N–C) groups is 2. The third-order valence-electron chi connectivity index (χ3n) is 5.77. The lowest BCUT2D eigenvalue weighted by molar-refractivity contribution is 0.208. The molecule has 0 bridgehead atoms. The van der Waals surface area contributed by atoms with Crippen molar-refractivity contribution in [2.75, 3.05) is 18.8 Å². The number of hydrogen-bond acceptors (Lipinski definition) is 8. The second kappa shape index (κ2) is 9.15. The fraction of sp³-hybridized carbons (Fsp3) is 0.526. The fourth-order valence-corrected chi connectivity index (χ4v) is 5.01. The van der Waals surface area contributed by atoms with Gasteiger partial charge in [-0.2, -0.15) is 0 Å². The lowest BCUT2D eigenvalue weighted by atomic mass is 9.75. The number of nitrogens with zero attached hydrogens (tertiary/aromatic N) is 3. The largest absolute Gasteiger partial charge is 0.390 e. The van der Waals surface area contributed by atoms with Crippen LogP contribution in [0.2, 0.25) is 5.02 Å². The summed E-state index contributed by atoms with van der Waals surface area (Å²) in [5, 5.41) is 4.28. The standard InChI is InChI=1S/C19H28ClN7S/c1-12-2-4-19(15(12)21)5-8-24-10-11-27-18(17(23)26-9-6-19)28-13-3-7-25-16(22)14(13)20/h3,7,10-12,15,24H,2,4-6,8-9,21H2,1H3,(H2,22,25)(H2,23,26)/b11-10+,27-18+. The molecule has 1 aliphatic carbocycles. The SMILES string of the molecule is CC1CCC2(CC\N=C(N)/C(Sc3ccnc(N)c3Cl)=N\C=C\NCC2)C1N. The molecular weight excluding hydrogens is 394 g/mol. The molecule has 1 spiro atoms. The van der Waals surface area contributed by atoms with Gasteiger partial charge in [-0.05, 0) is 43.1 Å². The van der Waals surface area contributed by atoms with Crippen LogP contribution in [0.3, 0.4) is 0 Å². The number of anilines is 1. The number of hydrogen-bond donors (Lipinski definition) is 4. The van der Waals surface area contributed by atoms with E-state index in [4.69, 9.17) is 28.8 Å². The molecule has 1 aliphatic heterocycles. The van der Waals surface area contributed by atoms with E-state index in [9.17, 15) is 0 Å². The Labute approximate surface area is 175 Å². The number of nitrogens with two attached hydrogens (primary N) is 3. The van der Waals surface area contributed by atoms with Crippen LogP contribution >= 0.6 is 23.4 Å². The van der Waals surface area contributed by atoms with E-state index in [1.807, 2.05) is 6.20 Å². The van der Waals surface area contributed by atoms with E-state index in [0.717, 1.165) is 30.7 Å². The Balaban J connectivity index is 1.82.